The highest BCUT2D eigenvalue weighted by molar-refractivity contribution is 5.95. The van der Waals surface area contributed by atoms with Crippen molar-refractivity contribution in [2.45, 2.75) is 92.9 Å². The average Bonchev–Trinajstić information content (AvgIpc) is 3.95. The first kappa shape index (κ1) is 45.3. The van der Waals surface area contributed by atoms with Gasteiger partial charge in [-0.05, 0) is 61.4 Å². The second-order valence-electron chi connectivity index (χ2n) is 18.2. The molecule has 1 aliphatic carbocycles. The first-order chi connectivity index (χ1) is 30.5. The fourth-order valence-corrected chi connectivity index (χ4v) is 12.8. The van der Waals surface area contributed by atoms with Crippen molar-refractivity contribution in [3.05, 3.63) is 82.6 Å². The molecule has 2 fully saturated rings. The molecule has 6 heterocycles. The summed E-state index contributed by atoms with van der Waals surface area (Å²) in [6, 6.07) is 11.3. The molecule has 11 atom stereocenters. The van der Waals surface area contributed by atoms with E-state index in [0.717, 1.165) is 52.9 Å². The van der Waals surface area contributed by atoms with Crippen molar-refractivity contribution in [1.29, 1.82) is 0 Å². The number of carbonyl (C=O) groups excluding carboxylic acids is 2. The summed E-state index contributed by atoms with van der Waals surface area (Å²) in [4.78, 5) is 59.2. The number of fused-ring (bicyclic) bond motifs is 6. The smallest absolute Gasteiger partial charge is 0.342 e. The fraction of sp³-hybridized carbons (Fsp3) is 0.532. The summed E-state index contributed by atoms with van der Waals surface area (Å²) in [5.74, 6) is -4.21. The molecule has 17 nitrogen and oxygen atoms in total. The molecule has 1 saturated carbocycles. The van der Waals surface area contributed by atoms with Crippen molar-refractivity contribution in [3.8, 4) is 5.75 Å². The van der Waals surface area contributed by atoms with Gasteiger partial charge >= 0.3 is 23.9 Å². The molecule has 64 heavy (non-hydrogen) atoms. The van der Waals surface area contributed by atoms with Crippen LogP contribution in [0.1, 0.15) is 61.9 Å². The van der Waals surface area contributed by atoms with Gasteiger partial charge in [-0.25, -0.2) is 14.4 Å². The normalized spacial score (nSPS) is 33.1. The zero-order valence-corrected chi connectivity index (χ0v) is 36.9. The number of ether oxygens (including phenoxy) is 3. The molecule has 2 aromatic carbocycles. The molecular weight excluding hydrogens is 829 g/mol. The highest BCUT2D eigenvalue weighted by Crippen LogP contribution is 2.67. The van der Waals surface area contributed by atoms with Crippen LogP contribution < -0.4 is 9.64 Å². The summed E-state index contributed by atoms with van der Waals surface area (Å²) in [7, 11) is 6.24. The van der Waals surface area contributed by atoms with Crippen LogP contribution in [0.2, 0.25) is 0 Å². The van der Waals surface area contributed by atoms with E-state index >= 15 is 4.79 Å². The minimum Gasteiger partial charge on any atom is -0.496 e. The molecule has 9 rings (SSSR count). The molecule has 17 heteroatoms. The topological polar surface area (TPSA) is 243 Å². The van der Waals surface area contributed by atoms with Crippen LogP contribution in [-0.2, 0) is 46.0 Å². The van der Waals surface area contributed by atoms with Gasteiger partial charge in [0.2, 0.25) is 5.60 Å². The molecule has 5 aliphatic heterocycles. The van der Waals surface area contributed by atoms with E-state index in [2.05, 4.69) is 52.1 Å². The first-order valence-corrected chi connectivity index (χ1v) is 21.7. The number of nitrogens with one attached hydrogen (secondary N) is 1. The third kappa shape index (κ3) is 6.18. The second kappa shape index (κ2) is 16.3. The van der Waals surface area contributed by atoms with Crippen LogP contribution in [-0.4, -0.2) is 160 Å². The van der Waals surface area contributed by atoms with Gasteiger partial charge in [0.1, 0.15) is 17.3 Å². The van der Waals surface area contributed by atoms with Gasteiger partial charge in [0.25, 0.3) is 0 Å². The third-order valence-corrected chi connectivity index (χ3v) is 15.3. The van der Waals surface area contributed by atoms with E-state index in [0.29, 0.717) is 50.2 Å². The van der Waals surface area contributed by atoms with Crippen molar-refractivity contribution in [1.82, 2.24) is 14.8 Å². The van der Waals surface area contributed by atoms with Crippen LogP contribution in [0.25, 0.3) is 10.9 Å². The summed E-state index contributed by atoms with van der Waals surface area (Å²) in [5.41, 5.74) is 1.24. The molecule has 2 bridgehead atoms. The Morgan fingerprint density at radius 1 is 0.938 bits per heavy atom. The van der Waals surface area contributed by atoms with Crippen LogP contribution in [0.5, 0.6) is 5.75 Å². The lowest BCUT2D eigenvalue weighted by Gasteiger charge is -2.63. The minimum absolute atomic E-state index is 0.0475. The van der Waals surface area contributed by atoms with Crippen molar-refractivity contribution >= 4 is 40.5 Å². The first-order valence-electron chi connectivity index (χ1n) is 21.7. The monoisotopic (exact) mass is 886 g/mol. The van der Waals surface area contributed by atoms with Gasteiger partial charge in [-0.15, -0.1) is 0 Å². The van der Waals surface area contributed by atoms with Gasteiger partial charge in [0.05, 0.1) is 27.4 Å². The molecular formula is C47H58N4O13. The lowest BCUT2D eigenvalue weighted by molar-refractivity contribution is -0.218. The summed E-state index contributed by atoms with van der Waals surface area (Å²) in [6.45, 7) is 7.97. The Balaban J connectivity index is 0.000000502. The molecule has 1 aromatic heterocycles. The number of aliphatic carboxylic acids is 2. The highest BCUT2D eigenvalue weighted by Gasteiger charge is 2.79. The number of likely N-dealkylation sites (N-methyl/N-ethyl adjacent to an activating group) is 1. The van der Waals surface area contributed by atoms with E-state index in [1.54, 1.807) is 7.11 Å². The summed E-state index contributed by atoms with van der Waals surface area (Å²) in [5, 5.41) is 58.9. The quantitative estimate of drug-likeness (QED) is 0.120. The number of benzene rings is 2. The van der Waals surface area contributed by atoms with Crippen molar-refractivity contribution in [2.75, 3.05) is 59.5 Å². The number of hydrogen-bond acceptors (Lipinski definition) is 14. The van der Waals surface area contributed by atoms with E-state index in [-0.39, 0.29) is 17.9 Å². The van der Waals surface area contributed by atoms with E-state index in [1.807, 2.05) is 43.1 Å². The number of carboxylic acid groups (broad SMARTS) is 2. The standard InChI is InChI=1S/C43H52N4O7.C4H6O6/c1-7-25-18-26-21-42(38(49)53-5,34-28(24-46(22-25)23-26)27-12-9-10-13-31(27)44-34)30-19-29-32(20-33(30)52-4)45(3)36-41(29)15-17-47-16-11-14-40(8-2,35(41)47)37(48)43(36,51)39(50)54-6;5-1(3(7)8)2(6)4(9)10/h9-14,18-20,26,35-37,44,48,51H,7-8,15-17,21-24H2,1-6H3;1-2,5-6H,(H,7,8)(H,9,10). The Labute approximate surface area is 370 Å². The predicted molar refractivity (Wildman–Crippen MR) is 232 cm³/mol. The van der Waals surface area contributed by atoms with Crippen LogP contribution >= 0.6 is 0 Å². The third-order valence-electron chi connectivity index (χ3n) is 15.3. The van der Waals surface area contributed by atoms with Gasteiger partial charge < -0.3 is 54.7 Å². The maximum Gasteiger partial charge on any atom is 0.342 e. The number of esters is 2. The molecule has 344 valence electrons. The highest BCUT2D eigenvalue weighted by atomic mass is 16.5. The SMILES string of the molecule is CCC1=CC2CN(C1)Cc1c([nH]c3ccccc13)C(C(=O)OC)(c1cc3c(cc1OC)N(C)C1C(O)(C(=O)OC)C(O)C4(CC)C=CCN5CCC31C54)C2.O=C(O)C(O)C(O)C(=O)O. The van der Waals surface area contributed by atoms with Crippen molar-refractivity contribution in [3.63, 3.8) is 0 Å². The Morgan fingerprint density at radius 3 is 2.25 bits per heavy atom. The Kier molecular flexibility index (Phi) is 11.5. The Morgan fingerprint density at radius 2 is 1.62 bits per heavy atom. The fourth-order valence-electron chi connectivity index (χ4n) is 12.8. The predicted octanol–water partition coefficient (Wildman–Crippen LogP) is 2.06. The van der Waals surface area contributed by atoms with E-state index < -0.39 is 64.1 Å². The molecule has 6 aliphatic rings. The molecule has 0 amide bonds. The Bertz CT molecular complexity index is 2430. The van der Waals surface area contributed by atoms with Gasteiger partial charge in [0, 0.05) is 84.0 Å². The molecule has 3 aromatic rings. The number of carbonyl (C=O) groups is 4. The number of para-hydroxylation sites is 1. The number of anilines is 1. The Hall–Kier alpha value is -5.30. The number of aromatic amines is 1. The maximum absolute atomic E-state index is 15.1. The number of aliphatic hydroxyl groups excluding tert-OH is 3. The summed E-state index contributed by atoms with van der Waals surface area (Å²) >= 11 is 0. The second-order valence-corrected chi connectivity index (χ2v) is 18.2. The van der Waals surface area contributed by atoms with Gasteiger partial charge in [-0.1, -0.05) is 55.8 Å². The number of nitrogens with zero attached hydrogens (tertiary/aromatic N) is 3. The number of aromatic nitrogens is 1. The van der Waals surface area contributed by atoms with Crippen molar-refractivity contribution < 1.29 is 64.0 Å². The van der Waals surface area contributed by atoms with Gasteiger partial charge in [-0.3, -0.25) is 14.6 Å². The van der Waals surface area contributed by atoms with E-state index in [1.165, 1.54) is 19.8 Å². The molecule has 1 spiro atoms. The molecule has 0 radical (unpaired) electrons. The summed E-state index contributed by atoms with van der Waals surface area (Å²) in [6.07, 6.45) is 2.99. The number of H-pyrrole nitrogens is 1. The molecule has 7 N–H and O–H groups in total. The zero-order valence-electron chi connectivity index (χ0n) is 36.9. The van der Waals surface area contributed by atoms with Crippen molar-refractivity contribution in [2.24, 2.45) is 11.3 Å². The van der Waals surface area contributed by atoms with Crippen LogP contribution in [0, 0.1) is 11.3 Å². The van der Waals surface area contributed by atoms with Gasteiger partial charge in [0.15, 0.2) is 12.2 Å². The number of carboxylic acids is 2. The zero-order chi connectivity index (χ0) is 46.3. The largest absolute Gasteiger partial charge is 0.496 e. The number of rotatable bonds is 9. The number of aliphatic hydroxyl groups is 4. The maximum atomic E-state index is 15.1. The van der Waals surface area contributed by atoms with Gasteiger partial charge in [-0.2, -0.15) is 0 Å². The lowest BCUT2D eigenvalue weighted by atomic mass is 9.47. The molecule has 11 unspecified atom stereocenters. The van der Waals surface area contributed by atoms with Crippen LogP contribution in [0.3, 0.4) is 0 Å². The van der Waals surface area contributed by atoms with Crippen LogP contribution in [0.15, 0.2) is 60.2 Å². The minimum atomic E-state index is -2.27. The lowest BCUT2D eigenvalue weighted by Crippen LogP contribution is -2.80. The average molecular weight is 887 g/mol. The number of methoxy groups -OCH3 is 3. The van der Waals surface area contributed by atoms with Crippen LogP contribution in [0.4, 0.5) is 5.69 Å². The van der Waals surface area contributed by atoms with E-state index in [4.69, 9.17) is 34.6 Å². The number of hydrogen-bond donors (Lipinski definition) is 7. The summed E-state index contributed by atoms with van der Waals surface area (Å²) < 4.78 is 17.6. The molecule has 1 saturated heterocycles. The van der Waals surface area contributed by atoms with E-state index in [9.17, 15) is 24.6 Å².